The molecule has 0 saturated carbocycles. The number of methoxy groups -OCH3 is 1. The van der Waals surface area contributed by atoms with Gasteiger partial charge < -0.3 is 15.2 Å². The molecular formula is C12H11FN2O2. The van der Waals surface area contributed by atoms with Crippen molar-refractivity contribution in [3.05, 3.63) is 42.3 Å². The van der Waals surface area contributed by atoms with Crippen LogP contribution in [-0.4, -0.2) is 12.1 Å². The number of nitrogen functional groups attached to an aromatic ring is 1. The topological polar surface area (TPSA) is 57.4 Å². The second-order valence-corrected chi connectivity index (χ2v) is 3.32. The van der Waals surface area contributed by atoms with Gasteiger partial charge in [-0.05, 0) is 18.2 Å². The summed E-state index contributed by atoms with van der Waals surface area (Å²) in [5.74, 6) is 0.945. The highest BCUT2D eigenvalue weighted by molar-refractivity contribution is 5.54. The fourth-order valence-corrected chi connectivity index (χ4v) is 1.31. The van der Waals surface area contributed by atoms with Crippen molar-refractivity contribution >= 4 is 5.69 Å². The van der Waals surface area contributed by atoms with Gasteiger partial charge in [0.25, 0.3) is 0 Å². The molecule has 0 aliphatic rings. The van der Waals surface area contributed by atoms with Crippen LogP contribution >= 0.6 is 0 Å². The number of rotatable bonds is 3. The second kappa shape index (κ2) is 4.69. The highest BCUT2D eigenvalue weighted by Gasteiger charge is 2.04. The molecule has 5 heteroatoms. The van der Waals surface area contributed by atoms with Gasteiger partial charge in [-0.2, -0.15) is 0 Å². The Hall–Kier alpha value is -2.30. The Morgan fingerprint density at radius 1 is 1.24 bits per heavy atom. The minimum atomic E-state index is -0.401. The van der Waals surface area contributed by atoms with E-state index in [1.165, 1.54) is 25.3 Å². The number of anilines is 1. The first-order chi connectivity index (χ1) is 8.19. The molecule has 17 heavy (non-hydrogen) atoms. The maximum absolute atomic E-state index is 12.8. The molecule has 0 fully saturated rings. The Morgan fingerprint density at radius 3 is 2.76 bits per heavy atom. The largest absolute Gasteiger partial charge is 0.481 e. The van der Waals surface area contributed by atoms with E-state index >= 15 is 0 Å². The normalized spacial score (nSPS) is 10.0. The number of nitrogens with two attached hydrogens (primary N) is 1. The lowest BCUT2D eigenvalue weighted by Crippen LogP contribution is -1.94. The number of hydrogen-bond acceptors (Lipinski definition) is 4. The summed E-state index contributed by atoms with van der Waals surface area (Å²) in [5, 5.41) is 0. The zero-order valence-electron chi connectivity index (χ0n) is 9.18. The summed E-state index contributed by atoms with van der Waals surface area (Å²) in [4.78, 5) is 3.94. The van der Waals surface area contributed by atoms with Crippen molar-refractivity contribution in [1.82, 2.24) is 4.98 Å². The zero-order valence-corrected chi connectivity index (χ0v) is 9.18. The van der Waals surface area contributed by atoms with Gasteiger partial charge in [-0.25, -0.2) is 9.37 Å². The van der Waals surface area contributed by atoms with Crippen molar-refractivity contribution < 1.29 is 13.9 Å². The van der Waals surface area contributed by atoms with E-state index in [9.17, 15) is 4.39 Å². The SMILES string of the molecule is COc1cc(Oc2ccc(F)cc2N)ccn1. The van der Waals surface area contributed by atoms with Crippen molar-refractivity contribution in [3.8, 4) is 17.4 Å². The predicted molar refractivity (Wildman–Crippen MR) is 61.7 cm³/mol. The molecule has 1 heterocycles. The average Bonchev–Trinajstić information content (AvgIpc) is 2.33. The van der Waals surface area contributed by atoms with E-state index in [1.54, 1.807) is 18.3 Å². The lowest BCUT2D eigenvalue weighted by molar-refractivity contribution is 0.392. The minimum absolute atomic E-state index is 0.237. The Morgan fingerprint density at radius 2 is 2.06 bits per heavy atom. The minimum Gasteiger partial charge on any atom is -0.481 e. The molecular weight excluding hydrogens is 223 g/mol. The van der Waals surface area contributed by atoms with Crippen LogP contribution in [-0.2, 0) is 0 Å². The maximum atomic E-state index is 12.8. The maximum Gasteiger partial charge on any atom is 0.216 e. The van der Waals surface area contributed by atoms with E-state index in [1.807, 2.05) is 0 Å². The zero-order chi connectivity index (χ0) is 12.3. The fourth-order valence-electron chi connectivity index (χ4n) is 1.31. The van der Waals surface area contributed by atoms with Gasteiger partial charge in [-0.1, -0.05) is 0 Å². The van der Waals surface area contributed by atoms with Crippen LogP contribution in [0.15, 0.2) is 36.5 Å². The van der Waals surface area contributed by atoms with Gasteiger partial charge in [0, 0.05) is 18.3 Å². The van der Waals surface area contributed by atoms with Crippen LogP contribution in [0.1, 0.15) is 0 Å². The molecule has 0 radical (unpaired) electrons. The van der Waals surface area contributed by atoms with Crippen molar-refractivity contribution in [3.63, 3.8) is 0 Å². The Bertz CT molecular complexity index is 532. The molecule has 1 aromatic carbocycles. The predicted octanol–water partition coefficient (Wildman–Crippen LogP) is 2.60. The molecule has 0 aliphatic carbocycles. The van der Waals surface area contributed by atoms with E-state index in [2.05, 4.69) is 4.98 Å². The first-order valence-corrected chi connectivity index (χ1v) is 4.92. The molecule has 2 aromatic rings. The third-order valence-electron chi connectivity index (χ3n) is 2.12. The van der Waals surface area contributed by atoms with E-state index in [4.69, 9.17) is 15.2 Å². The third kappa shape index (κ3) is 2.63. The Balaban J connectivity index is 2.25. The van der Waals surface area contributed by atoms with Gasteiger partial charge in [-0.3, -0.25) is 0 Å². The number of aromatic nitrogens is 1. The molecule has 0 aliphatic heterocycles. The van der Waals surface area contributed by atoms with Crippen LogP contribution in [0.4, 0.5) is 10.1 Å². The number of benzene rings is 1. The van der Waals surface area contributed by atoms with E-state index in [0.717, 1.165) is 0 Å². The number of hydrogen-bond donors (Lipinski definition) is 1. The number of ether oxygens (including phenoxy) is 2. The summed E-state index contributed by atoms with van der Waals surface area (Å²) in [5.41, 5.74) is 5.86. The van der Waals surface area contributed by atoms with Crippen molar-refractivity contribution in [2.24, 2.45) is 0 Å². The van der Waals surface area contributed by atoms with E-state index < -0.39 is 5.82 Å². The van der Waals surface area contributed by atoms with Gasteiger partial charge in [0.1, 0.15) is 11.6 Å². The standard InChI is InChI=1S/C12H11FN2O2/c1-16-12-7-9(4-5-15-12)17-11-3-2-8(13)6-10(11)14/h2-7H,14H2,1H3. The summed E-state index contributed by atoms with van der Waals surface area (Å²) < 4.78 is 23.3. The summed E-state index contributed by atoms with van der Waals surface area (Å²) in [7, 11) is 1.51. The third-order valence-corrected chi connectivity index (χ3v) is 2.12. The Labute approximate surface area is 97.8 Å². The summed E-state index contributed by atoms with van der Waals surface area (Å²) in [6.07, 6.45) is 1.55. The van der Waals surface area contributed by atoms with Crippen LogP contribution in [0.5, 0.6) is 17.4 Å². The summed E-state index contributed by atoms with van der Waals surface area (Å²) >= 11 is 0. The lowest BCUT2D eigenvalue weighted by Gasteiger charge is -2.08. The molecule has 0 unspecified atom stereocenters. The molecule has 0 saturated heterocycles. The molecule has 0 amide bonds. The van der Waals surface area contributed by atoms with Crippen molar-refractivity contribution in [2.75, 3.05) is 12.8 Å². The van der Waals surface area contributed by atoms with Gasteiger partial charge in [0.15, 0.2) is 5.75 Å². The Kier molecular flexibility index (Phi) is 3.09. The van der Waals surface area contributed by atoms with Crippen LogP contribution in [0, 0.1) is 5.82 Å². The van der Waals surface area contributed by atoms with Crippen molar-refractivity contribution in [2.45, 2.75) is 0 Å². The monoisotopic (exact) mass is 234 g/mol. The van der Waals surface area contributed by atoms with E-state index in [0.29, 0.717) is 17.4 Å². The lowest BCUT2D eigenvalue weighted by atomic mass is 10.3. The molecule has 4 nitrogen and oxygen atoms in total. The van der Waals surface area contributed by atoms with Crippen LogP contribution in [0.3, 0.4) is 0 Å². The summed E-state index contributed by atoms with van der Waals surface area (Å²) in [6.45, 7) is 0. The molecule has 0 spiro atoms. The summed E-state index contributed by atoms with van der Waals surface area (Å²) in [6, 6.07) is 7.23. The van der Waals surface area contributed by atoms with E-state index in [-0.39, 0.29) is 5.69 Å². The van der Waals surface area contributed by atoms with Crippen LogP contribution < -0.4 is 15.2 Å². The molecule has 2 N–H and O–H groups in total. The van der Waals surface area contributed by atoms with Gasteiger partial charge in [0.2, 0.25) is 5.88 Å². The number of pyridine rings is 1. The molecule has 1 aromatic heterocycles. The van der Waals surface area contributed by atoms with Gasteiger partial charge in [-0.15, -0.1) is 0 Å². The van der Waals surface area contributed by atoms with Gasteiger partial charge in [0.05, 0.1) is 12.8 Å². The van der Waals surface area contributed by atoms with Crippen LogP contribution in [0.2, 0.25) is 0 Å². The highest BCUT2D eigenvalue weighted by Crippen LogP contribution is 2.28. The first-order valence-electron chi connectivity index (χ1n) is 4.92. The number of halogens is 1. The second-order valence-electron chi connectivity index (χ2n) is 3.32. The van der Waals surface area contributed by atoms with Crippen LogP contribution in [0.25, 0.3) is 0 Å². The van der Waals surface area contributed by atoms with Gasteiger partial charge >= 0.3 is 0 Å². The fraction of sp³-hybridized carbons (Fsp3) is 0.0833. The average molecular weight is 234 g/mol. The van der Waals surface area contributed by atoms with Crippen molar-refractivity contribution in [1.29, 1.82) is 0 Å². The highest BCUT2D eigenvalue weighted by atomic mass is 19.1. The smallest absolute Gasteiger partial charge is 0.216 e. The molecule has 2 rings (SSSR count). The molecule has 0 bridgehead atoms. The molecule has 0 atom stereocenters. The number of nitrogens with zero attached hydrogens (tertiary/aromatic N) is 1. The first kappa shape index (κ1) is 11.2. The quantitative estimate of drug-likeness (QED) is 0.829. The molecule has 88 valence electrons.